The van der Waals surface area contributed by atoms with Gasteiger partial charge in [-0.3, -0.25) is 4.68 Å². The van der Waals surface area contributed by atoms with Gasteiger partial charge in [-0.05, 0) is 19.9 Å². The Kier molecular flexibility index (Phi) is 3.50. The molecule has 5 nitrogen and oxygen atoms in total. The van der Waals surface area contributed by atoms with Crippen LogP contribution in [-0.4, -0.2) is 21.9 Å². The van der Waals surface area contributed by atoms with Crippen molar-refractivity contribution in [1.29, 1.82) is 0 Å². The second-order valence-electron chi connectivity index (χ2n) is 4.19. The quantitative estimate of drug-likeness (QED) is 0.897. The molecule has 0 unspecified atom stereocenters. The molecule has 96 valence electrons. The zero-order valence-electron chi connectivity index (χ0n) is 11.2. The van der Waals surface area contributed by atoms with Crippen molar-refractivity contribution in [2.45, 2.75) is 20.4 Å². The van der Waals surface area contributed by atoms with E-state index >= 15 is 0 Å². The smallest absolute Gasteiger partial charge is 0.214 e. The maximum Gasteiger partial charge on any atom is 0.214 e. The first kappa shape index (κ1) is 12.4. The Morgan fingerprint density at radius 3 is 2.72 bits per heavy atom. The van der Waals surface area contributed by atoms with Crippen molar-refractivity contribution in [1.82, 2.24) is 14.8 Å². The first-order chi connectivity index (χ1) is 8.61. The Morgan fingerprint density at radius 1 is 1.33 bits per heavy atom. The predicted octanol–water partition coefficient (Wildman–Crippen LogP) is 2.05. The van der Waals surface area contributed by atoms with Gasteiger partial charge < -0.3 is 10.1 Å². The third-order valence-corrected chi connectivity index (χ3v) is 3.04. The molecule has 0 amide bonds. The summed E-state index contributed by atoms with van der Waals surface area (Å²) in [5, 5.41) is 7.67. The largest absolute Gasteiger partial charge is 0.481 e. The summed E-state index contributed by atoms with van der Waals surface area (Å²) in [5.74, 6) is 1.41. The number of ether oxygens (including phenoxy) is 1. The molecule has 0 aliphatic rings. The molecule has 18 heavy (non-hydrogen) atoms. The van der Waals surface area contributed by atoms with E-state index in [0.717, 1.165) is 11.5 Å². The molecule has 0 saturated carbocycles. The summed E-state index contributed by atoms with van der Waals surface area (Å²) in [6.07, 6.45) is 0. The van der Waals surface area contributed by atoms with E-state index in [-0.39, 0.29) is 0 Å². The third-order valence-electron chi connectivity index (χ3n) is 3.04. The number of aromatic nitrogens is 3. The van der Waals surface area contributed by atoms with Gasteiger partial charge in [0.25, 0.3) is 0 Å². The van der Waals surface area contributed by atoms with Gasteiger partial charge in [0, 0.05) is 30.9 Å². The van der Waals surface area contributed by atoms with Crippen LogP contribution in [0, 0.1) is 13.8 Å². The van der Waals surface area contributed by atoms with Crippen molar-refractivity contribution >= 4 is 5.82 Å². The number of pyridine rings is 1. The zero-order valence-corrected chi connectivity index (χ0v) is 11.2. The summed E-state index contributed by atoms with van der Waals surface area (Å²) in [4.78, 5) is 4.31. The average molecular weight is 246 g/mol. The number of nitrogens with one attached hydrogen (secondary N) is 1. The van der Waals surface area contributed by atoms with Gasteiger partial charge in [-0.1, -0.05) is 6.07 Å². The summed E-state index contributed by atoms with van der Waals surface area (Å²) in [6, 6.07) is 5.66. The van der Waals surface area contributed by atoms with E-state index in [0.29, 0.717) is 12.4 Å². The topological polar surface area (TPSA) is 52.0 Å². The fourth-order valence-electron chi connectivity index (χ4n) is 1.88. The van der Waals surface area contributed by atoms with Gasteiger partial charge in [0.1, 0.15) is 5.82 Å². The highest BCUT2D eigenvalue weighted by atomic mass is 16.5. The number of nitrogens with zero attached hydrogens (tertiary/aromatic N) is 3. The molecule has 1 N–H and O–H groups in total. The molecule has 2 aromatic rings. The highest BCUT2D eigenvalue weighted by Crippen LogP contribution is 2.15. The molecule has 0 aliphatic heterocycles. The van der Waals surface area contributed by atoms with Crippen molar-refractivity contribution in [2.75, 3.05) is 12.4 Å². The lowest BCUT2D eigenvalue weighted by Gasteiger charge is -2.07. The summed E-state index contributed by atoms with van der Waals surface area (Å²) in [7, 11) is 3.57. The molecule has 5 heteroatoms. The van der Waals surface area contributed by atoms with E-state index in [2.05, 4.69) is 22.3 Å². The second-order valence-corrected chi connectivity index (χ2v) is 4.19. The molecular weight excluding hydrogens is 228 g/mol. The molecule has 0 fully saturated rings. The van der Waals surface area contributed by atoms with Gasteiger partial charge in [0.15, 0.2) is 0 Å². The van der Waals surface area contributed by atoms with E-state index in [1.807, 2.05) is 36.9 Å². The van der Waals surface area contributed by atoms with Gasteiger partial charge in [-0.2, -0.15) is 10.1 Å². The van der Waals surface area contributed by atoms with Crippen LogP contribution in [0.5, 0.6) is 5.88 Å². The number of hydrogen-bond acceptors (Lipinski definition) is 4. The molecule has 2 rings (SSSR count). The fraction of sp³-hybridized carbons (Fsp3) is 0.385. The Bertz CT molecular complexity index is 548. The molecule has 0 bridgehead atoms. The van der Waals surface area contributed by atoms with Crippen LogP contribution >= 0.6 is 0 Å². The van der Waals surface area contributed by atoms with Crippen LogP contribution in [-0.2, 0) is 13.6 Å². The molecule has 0 saturated heterocycles. The number of anilines is 1. The molecule has 0 aliphatic carbocycles. The van der Waals surface area contributed by atoms with Crippen LogP contribution in [0.25, 0.3) is 0 Å². The highest BCUT2D eigenvalue weighted by molar-refractivity contribution is 5.39. The maximum atomic E-state index is 5.09. The van der Waals surface area contributed by atoms with Gasteiger partial charge in [0.2, 0.25) is 5.88 Å². The summed E-state index contributed by atoms with van der Waals surface area (Å²) in [6.45, 7) is 4.80. The second kappa shape index (κ2) is 5.08. The van der Waals surface area contributed by atoms with E-state index in [4.69, 9.17) is 4.74 Å². The zero-order chi connectivity index (χ0) is 13.1. The van der Waals surface area contributed by atoms with E-state index < -0.39 is 0 Å². The first-order valence-electron chi connectivity index (χ1n) is 5.86. The van der Waals surface area contributed by atoms with Gasteiger partial charge in [0.05, 0.1) is 12.8 Å². The van der Waals surface area contributed by atoms with Crippen LogP contribution in [0.3, 0.4) is 0 Å². The summed E-state index contributed by atoms with van der Waals surface area (Å²) < 4.78 is 6.99. The van der Waals surface area contributed by atoms with Crippen molar-refractivity contribution in [3.8, 4) is 5.88 Å². The Labute approximate surface area is 107 Å². The average Bonchev–Trinajstić information content (AvgIpc) is 2.61. The highest BCUT2D eigenvalue weighted by Gasteiger charge is 2.09. The molecule has 0 atom stereocenters. The standard InChI is InChI=1S/C13H18N4O/c1-9-11(10(2)17(3)16-9)8-14-12-6-5-7-13(15-12)18-4/h5-7H,8H2,1-4H3,(H,14,15). The molecule has 2 heterocycles. The first-order valence-corrected chi connectivity index (χ1v) is 5.86. The van der Waals surface area contributed by atoms with Crippen LogP contribution in [0.15, 0.2) is 18.2 Å². The van der Waals surface area contributed by atoms with E-state index in [1.54, 1.807) is 7.11 Å². The number of hydrogen-bond donors (Lipinski definition) is 1. The molecule has 0 aromatic carbocycles. The van der Waals surface area contributed by atoms with Gasteiger partial charge >= 0.3 is 0 Å². The van der Waals surface area contributed by atoms with E-state index in [9.17, 15) is 0 Å². The predicted molar refractivity (Wildman–Crippen MR) is 70.8 cm³/mol. The van der Waals surface area contributed by atoms with Crippen LogP contribution in [0.4, 0.5) is 5.82 Å². The Balaban J connectivity index is 2.11. The summed E-state index contributed by atoms with van der Waals surface area (Å²) >= 11 is 0. The van der Waals surface area contributed by atoms with Gasteiger partial charge in [-0.15, -0.1) is 0 Å². The SMILES string of the molecule is COc1cccc(NCc2c(C)nn(C)c2C)n1. The lowest BCUT2D eigenvalue weighted by atomic mass is 10.2. The van der Waals surface area contributed by atoms with Crippen molar-refractivity contribution in [3.05, 3.63) is 35.2 Å². The number of rotatable bonds is 4. The van der Waals surface area contributed by atoms with Crippen molar-refractivity contribution in [2.24, 2.45) is 7.05 Å². The Morgan fingerprint density at radius 2 is 2.11 bits per heavy atom. The normalized spacial score (nSPS) is 10.4. The lowest BCUT2D eigenvalue weighted by Crippen LogP contribution is -2.04. The molecule has 0 radical (unpaired) electrons. The lowest BCUT2D eigenvalue weighted by molar-refractivity contribution is 0.398. The Hall–Kier alpha value is -2.04. The van der Waals surface area contributed by atoms with Crippen LogP contribution in [0.2, 0.25) is 0 Å². The van der Waals surface area contributed by atoms with Gasteiger partial charge in [-0.25, -0.2) is 0 Å². The van der Waals surface area contributed by atoms with Crippen molar-refractivity contribution in [3.63, 3.8) is 0 Å². The van der Waals surface area contributed by atoms with E-state index in [1.165, 1.54) is 11.3 Å². The number of aryl methyl sites for hydroxylation is 2. The minimum atomic E-state index is 0.611. The monoisotopic (exact) mass is 246 g/mol. The molecule has 2 aromatic heterocycles. The van der Waals surface area contributed by atoms with Crippen molar-refractivity contribution < 1.29 is 4.74 Å². The number of methoxy groups -OCH3 is 1. The summed E-state index contributed by atoms with van der Waals surface area (Å²) in [5.41, 5.74) is 3.43. The fourth-order valence-corrected chi connectivity index (χ4v) is 1.88. The minimum Gasteiger partial charge on any atom is -0.481 e. The minimum absolute atomic E-state index is 0.611. The third kappa shape index (κ3) is 2.45. The van der Waals surface area contributed by atoms with Crippen LogP contribution < -0.4 is 10.1 Å². The van der Waals surface area contributed by atoms with Crippen LogP contribution in [0.1, 0.15) is 17.0 Å². The maximum absolute atomic E-state index is 5.09. The molecule has 0 spiro atoms. The molecular formula is C13H18N4O.